The number of nitrogens with one attached hydrogen (secondary N) is 1. The van der Waals surface area contributed by atoms with E-state index in [1.165, 1.54) is 18.2 Å². The smallest absolute Gasteiger partial charge is 0.292 e. The number of halogens is 3. The third-order valence-electron chi connectivity index (χ3n) is 2.36. The van der Waals surface area contributed by atoms with E-state index in [0.717, 1.165) is 0 Å². The first-order valence-corrected chi connectivity index (χ1v) is 6.27. The third-order valence-corrected chi connectivity index (χ3v) is 3.14. The maximum atomic E-state index is 10.9. The zero-order valence-electron chi connectivity index (χ0n) is 9.36. The van der Waals surface area contributed by atoms with E-state index >= 15 is 0 Å². The lowest BCUT2D eigenvalue weighted by Gasteiger charge is -2.09. The van der Waals surface area contributed by atoms with Crippen LogP contribution in [0, 0.1) is 10.1 Å². The van der Waals surface area contributed by atoms with Crippen molar-refractivity contribution < 1.29 is 4.92 Å². The van der Waals surface area contributed by atoms with Crippen molar-refractivity contribution in [2.45, 2.75) is 0 Å². The van der Waals surface area contributed by atoms with Gasteiger partial charge < -0.3 is 5.32 Å². The zero-order valence-corrected chi connectivity index (χ0v) is 11.6. The van der Waals surface area contributed by atoms with E-state index in [9.17, 15) is 10.1 Å². The van der Waals surface area contributed by atoms with Gasteiger partial charge in [0.25, 0.3) is 5.69 Å². The van der Waals surface area contributed by atoms with Crippen molar-refractivity contribution in [1.82, 2.24) is 0 Å². The van der Waals surface area contributed by atoms with E-state index < -0.39 is 4.92 Å². The highest BCUT2D eigenvalue weighted by Gasteiger charge is 2.15. The Morgan fingerprint density at radius 1 is 0.947 bits per heavy atom. The summed E-state index contributed by atoms with van der Waals surface area (Å²) in [4.78, 5) is 10.4. The molecule has 19 heavy (non-hydrogen) atoms. The Hall–Kier alpha value is -1.49. The van der Waals surface area contributed by atoms with Gasteiger partial charge >= 0.3 is 0 Å². The molecule has 1 N–H and O–H groups in total. The molecule has 0 radical (unpaired) electrons. The highest BCUT2D eigenvalue weighted by molar-refractivity contribution is 6.36. The van der Waals surface area contributed by atoms with E-state index in [0.29, 0.717) is 20.8 Å². The van der Waals surface area contributed by atoms with Crippen LogP contribution in [0.5, 0.6) is 0 Å². The van der Waals surface area contributed by atoms with Crippen molar-refractivity contribution >= 4 is 51.9 Å². The van der Waals surface area contributed by atoms with E-state index in [2.05, 4.69) is 5.32 Å². The fourth-order valence-electron chi connectivity index (χ4n) is 1.50. The lowest BCUT2D eigenvalue weighted by molar-refractivity contribution is -0.383. The molecule has 0 bridgehead atoms. The summed E-state index contributed by atoms with van der Waals surface area (Å²) in [6, 6.07) is 9.05. The first-order chi connectivity index (χ1) is 8.97. The van der Waals surface area contributed by atoms with Crippen molar-refractivity contribution in [3.05, 3.63) is 61.6 Å². The minimum absolute atomic E-state index is 0.0876. The average molecular weight is 318 g/mol. The third kappa shape index (κ3) is 3.29. The highest BCUT2D eigenvalue weighted by Crippen LogP contribution is 2.33. The van der Waals surface area contributed by atoms with Crippen LogP contribution in [0.1, 0.15) is 0 Å². The lowest BCUT2D eigenvalue weighted by atomic mass is 10.2. The zero-order chi connectivity index (χ0) is 14.0. The summed E-state index contributed by atoms with van der Waals surface area (Å²) in [7, 11) is 0. The molecule has 0 aliphatic carbocycles. The first kappa shape index (κ1) is 13.9. The normalized spacial score (nSPS) is 10.3. The van der Waals surface area contributed by atoms with E-state index in [1.54, 1.807) is 18.2 Å². The van der Waals surface area contributed by atoms with Gasteiger partial charge in [0.1, 0.15) is 5.69 Å². The summed E-state index contributed by atoms with van der Waals surface area (Å²) in [6.45, 7) is 0. The molecule has 0 unspecified atom stereocenters. The molecule has 0 amide bonds. The molecule has 0 fully saturated rings. The summed E-state index contributed by atoms with van der Waals surface area (Å²) in [5, 5.41) is 15.0. The van der Waals surface area contributed by atoms with Crippen molar-refractivity contribution in [3.8, 4) is 0 Å². The van der Waals surface area contributed by atoms with Crippen LogP contribution in [-0.4, -0.2) is 4.92 Å². The Kier molecular flexibility index (Phi) is 4.14. The SMILES string of the molecule is O=[N+]([O-])c1ccc(Cl)cc1Nc1ccc(Cl)cc1Cl. The molecule has 0 aliphatic heterocycles. The summed E-state index contributed by atoms with van der Waals surface area (Å²) in [6.07, 6.45) is 0. The molecule has 2 aromatic carbocycles. The Labute approximate surface area is 124 Å². The van der Waals surface area contributed by atoms with Crippen LogP contribution in [0.2, 0.25) is 15.1 Å². The number of nitrogens with zero attached hydrogens (tertiary/aromatic N) is 1. The van der Waals surface area contributed by atoms with Gasteiger partial charge in [-0.05, 0) is 30.3 Å². The van der Waals surface area contributed by atoms with Gasteiger partial charge in [0.15, 0.2) is 0 Å². The van der Waals surface area contributed by atoms with Crippen molar-refractivity contribution in [2.24, 2.45) is 0 Å². The molecule has 7 heteroatoms. The summed E-state index contributed by atoms with van der Waals surface area (Å²) < 4.78 is 0. The van der Waals surface area contributed by atoms with Crippen LogP contribution in [0.15, 0.2) is 36.4 Å². The van der Waals surface area contributed by atoms with Crippen LogP contribution < -0.4 is 5.32 Å². The molecule has 0 spiro atoms. The first-order valence-electron chi connectivity index (χ1n) is 5.13. The summed E-state index contributed by atoms with van der Waals surface area (Å²) in [5.74, 6) is 0. The highest BCUT2D eigenvalue weighted by atomic mass is 35.5. The monoisotopic (exact) mass is 316 g/mol. The molecule has 0 aliphatic rings. The molecule has 2 rings (SSSR count). The maximum absolute atomic E-state index is 10.9. The number of benzene rings is 2. The van der Waals surface area contributed by atoms with Crippen molar-refractivity contribution in [1.29, 1.82) is 0 Å². The summed E-state index contributed by atoms with van der Waals surface area (Å²) in [5.41, 5.74) is 0.688. The molecule has 2 aromatic rings. The fourth-order valence-corrected chi connectivity index (χ4v) is 2.13. The molecule has 0 saturated heterocycles. The van der Waals surface area contributed by atoms with Crippen molar-refractivity contribution in [3.63, 3.8) is 0 Å². The van der Waals surface area contributed by atoms with Crippen molar-refractivity contribution in [2.75, 3.05) is 5.32 Å². The Balaban J connectivity index is 2.42. The molecule has 0 atom stereocenters. The van der Waals surface area contributed by atoms with Gasteiger partial charge in [-0.3, -0.25) is 10.1 Å². The quantitative estimate of drug-likeness (QED) is 0.617. The largest absolute Gasteiger partial charge is 0.349 e. The van der Waals surface area contributed by atoms with Crippen LogP contribution in [0.4, 0.5) is 17.1 Å². The fraction of sp³-hybridized carbons (Fsp3) is 0. The van der Waals surface area contributed by atoms with E-state index in [-0.39, 0.29) is 11.4 Å². The number of nitro groups is 1. The van der Waals surface area contributed by atoms with E-state index in [4.69, 9.17) is 34.8 Å². The molecule has 98 valence electrons. The van der Waals surface area contributed by atoms with Gasteiger partial charge in [0.05, 0.1) is 15.6 Å². The van der Waals surface area contributed by atoms with Gasteiger partial charge in [0.2, 0.25) is 0 Å². The van der Waals surface area contributed by atoms with Gasteiger partial charge in [-0.15, -0.1) is 0 Å². The van der Waals surface area contributed by atoms with Crippen LogP contribution in [0.25, 0.3) is 0 Å². The second kappa shape index (κ2) is 5.65. The average Bonchev–Trinajstić information content (AvgIpc) is 2.32. The topological polar surface area (TPSA) is 55.2 Å². The van der Waals surface area contributed by atoms with Crippen LogP contribution in [-0.2, 0) is 0 Å². The van der Waals surface area contributed by atoms with Gasteiger partial charge in [-0.2, -0.15) is 0 Å². The number of hydrogen-bond acceptors (Lipinski definition) is 3. The second-order valence-electron chi connectivity index (χ2n) is 3.67. The van der Waals surface area contributed by atoms with Crippen LogP contribution >= 0.6 is 34.8 Å². The predicted octanol–water partition coefficient (Wildman–Crippen LogP) is 5.30. The standard InChI is InChI=1S/C12H7Cl3N2O2/c13-7-1-3-10(9(15)5-7)16-11-6-8(14)2-4-12(11)17(18)19/h1-6,16H. The van der Waals surface area contributed by atoms with Gasteiger partial charge in [0, 0.05) is 16.1 Å². The van der Waals surface area contributed by atoms with Crippen LogP contribution in [0.3, 0.4) is 0 Å². The molecule has 4 nitrogen and oxygen atoms in total. The Bertz CT molecular complexity index is 647. The van der Waals surface area contributed by atoms with E-state index in [1.807, 2.05) is 0 Å². The number of hydrogen-bond donors (Lipinski definition) is 1. The minimum Gasteiger partial charge on any atom is -0.349 e. The second-order valence-corrected chi connectivity index (χ2v) is 4.95. The molecular formula is C12H7Cl3N2O2. The maximum Gasteiger partial charge on any atom is 0.292 e. The molecule has 0 heterocycles. The number of anilines is 2. The number of nitro benzene ring substituents is 1. The molecule has 0 saturated carbocycles. The molecule has 0 aromatic heterocycles. The van der Waals surface area contributed by atoms with Gasteiger partial charge in [-0.1, -0.05) is 34.8 Å². The Morgan fingerprint density at radius 3 is 2.21 bits per heavy atom. The lowest BCUT2D eigenvalue weighted by Crippen LogP contribution is -1.97. The Morgan fingerprint density at radius 2 is 1.58 bits per heavy atom. The predicted molar refractivity (Wildman–Crippen MR) is 77.9 cm³/mol. The minimum atomic E-state index is -0.498. The summed E-state index contributed by atoms with van der Waals surface area (Å²) >= 11 is 17.6. The molecular weight excluding hydrogens is 311 g/mol. The number of rotatable bonds is 3. The van der Waals surface area contributed by atoms with Gasteiger partial charge in [-0.25, -0.2) is 0 Å².